The highest BCUT2D eigenvalue weighted by Crippen LogP contribution is 2.36. The second kappa shape index (κ2) is 8.99. The van der Waals surface area contributed by atoms with Gasteiger partial charge >= 0.3 is 11.9 Å². The zero-order chi connectivity index (χ0) is 20.1. The van der Waals surface area contributed by atoms with E-state index in [0.29, 0.717) is 23.0 Å². The Morgan fingerprint density at radius 1 is 0.893 bits per heavy atom. The number of carbonyl (C=O) groups is 2. The van der Waals surface area contributed by atoms with E-state index in [1.54, 1.807) is 32.1 Å². The van der Waals surface area contributed by atoms with Crippen molar-refractivity contribution in [3.63, 3.8) is 0 Å². The zero-order valence-electron chi connectivity index (χ0n) is 15.7. The number of benzene rings is 1. The van der Waals surface area contributed by atoms with Crippen LogP contribution in [0.5, 0.6) is 0 Å². The minimum absolute atomic E-state index is 0.301. The van der Waals surface area contributed by atoms with E-state index in [1.807, 2.05) is 30.3 Å². The molecule has 0 N–H and O–H groups in total. The molecule has 28 heavy (non-hydrogen) atoms. The number of esters is 2. The first kappa shape index (κ1) is 20.0. The van der Waals surface area contributed by atoms with Crippen molar-refractivity contribution in [1.29, 1.82) is 0 Å². The Bertz CT molecular complexity index is 1010. The number of ether oxygens (including phenoxy) is 2. The molecule has 4 nitrogen and oxygen atoms in total. The van der Waals surface area contributed by atoms with Crippen LogP contribution in [0.2, 0.25) is 0 Å². The molecule has 144 valence electrons. The number of hydrogen-bond donors (Lipinski definition) is 0. The summed E-state index contributed by atoms with van der Waals surface area (Å²) in [4.78, 5) is 26.9. The lowest BCUT2D eigenvalue weighted by Crippen LogP contribution is -2.01. The lowest BCUT2D eigenvalue weighted by atomic mass is 10.0. The molecule has 3 rings (SSSR count). The molecule has 1 aromatic carbocycles. The predicted octanol–water partition coefficient (Wildman–Crippen LogP) is 6.14. The van der Waals surface area contributed by atoms with Crippen molar-refractivity contribution in [3.8, 4) is 20.9 Å². The maximum atomic E-state index is 11.9. The molecular formula is C22H20O4S2. The fourth-order valence-corrected chi connectivity index (χ4v) is 4.55. The summed E-state index contributed by atoms with van der Waals surface area (Å²) in [6.45, 7) is 8.22. The van der Waals surface area contributed by atoms with Crippen molar-refractivity contribution in [2.24, 2.45) is 0 Å². The van der Waals surface area contributed by atoms with Gasteiger partial charge in [-0.3, -0.25) is 0 Å². The highest BCUT2D eigenvalue weighted by molar-refractivity contribution is 7.17. The van der Waals surface area contributed by atoms with Gasteiger partial charge in [0.15, 0.2) is 0 Å². The van der Waals surface area contributed by atoms with Gasteiger partial charge in [0, 0.05) is 9.75 Å². The van der Waals surface area contributed by atoms with E-state index in [-0.39, 0.29) is 11.9 Å². The monoisotopic (exact) mass is 412 g/mol. The Morgan fingerprint density at radius 2 is 1.46 bits per heavy atom. The number of thiophene rings is 2. The molecule has 0 aliphatic rings. The van der Waals surface area contributed by atoms with Crippen LogP contribution in [0.1, 0.15) is 38.8 Å². The smallest absolute Gasteiger partial charge is 0.348 e. The van der Waals surface area contributed by atoms with Gasteiger partial charge in [0.2, 0.25) is 0 Å². The molecular weight excluding hydrogens is 392 g/mol. The second-order valence-electron chi connectivity index (χ2n) is 5.77. The Morgan fingerprint density at radius 3 is 2.04 bits per heavy atom. The van der Waals surface area contributed by atoms with E-state index >= 15 is 0 Å². The normalized spacial score (nSPS) is 10.5. The van der Waals surface area contributed by atoms with Crippen molar-refractivity contribution >= 4 is 40.7 Å². The molecule has 0 atom stereocenters. The summed E-state index contributed by atoms with van der Waals surface area (Å²) in [5.41, 5.74) is 2.96. The standard InChI is InChI=1S/C22H20O4S2/c1-4-14-13-15(17-9-11-19(27-17)21(23)25-5-2)7-8-16(14)18-10-12-20(28-18)22(24)26-6-3/h4,7-13H,1,5-6H2,2-3H3. The fraction of sp³-hybridized carbons (Fsp3) is 0.182. The molecule has 0 saturated heterocycles. The van der Waals surface area contributed by atoms with Gasteiger partial charge in [0.05, 0.1) is 13.2 Å². The van der Waals surface area contributed by atoms with Crippen LogP contribution in [0, 0.1) is 0 Å². The first-order chi connectivity index (χ1) is 13.6. The van der Waals surface area contributed by atoms with Gasteiger partial charge in [-0.25, -0.2) is 9.59 Å². The third-order valence-corrected chi connectivity index (χ3v) is 6.20. The molecule has 0 bridgehead atoms. The Labute approximate surface area is 172 Å². The molecule has 6 heteroatoms. The van der Waals surface area contributed by atoms with Crippen LogP contribution in [-0.2, 0) is 9.47 Å². The molecule has 0 saturated carbocycles. The number of hydrogen-bond acceptors (Lipinski definition) is 6. The second-order valence-corrected chi connectivity index (χ2v) is 7.94. The van der Waals surface area contributed by atoms with Crippen molar-refractivity contribution in [1.82, 2.24) is 0 Å². The van der Waals surface area contributed by atoms with Crippen LogP contribution in [0.4, 0.5) is 0 Å². The first-order valence-electron chi connectivity index (χ1n) is 8.88. The summed E-state index contributed by atoms with van der Waals surface area (Å²) >= 11 is 2.80. The van der Waals surface area contributed by atoms with Gasteiger partial charge < -0.3 is 9.47 Å². The van der Waals surface area contributed by atoms with Crippen molar-refractivity contribution in [3.05, 3.63) is 64.4 Å². The van der Waals surface area contributed by atoms with Crippen molar-refractivity contribution in [2.45, 2.75) is 13.8 Å². The van der Waals surface area contributed by atoms with Crippen LogP contribution in [0.25, 0.3) is 27.0 Å². The Balaban J connectivity index is 1.90. The van der Waals surface area contributed by atoms with Gasteiger partial charge in [-0.2, -0.15) is 0 Å². The molecule has 2 aromatic heterocycles. The lowest BCUT2D eigenvalue weighted by Gasteiger charge is -2.07. The van der Waals surface area contributed by atoms with Crippen molar-refractivity contribution in [2.75, 3.05) is 13.2 Å². The van der Waals surface area contributed by atoms with Crippen LogP contribution in [0.3, 0.4) is 0 Å². The quantitative estimate of drug-likeness (QED) is 0.437. The number of carbonyl (C=O) groups excluding carboxylic acids is 2. The van der Waals surface area contributed by atoms with Gasteiger partial charge in [-0.1, -0.05) is 24.8 Å². The maximum Gasteiger partial charge on any atom is 0.348 e. The molecule has 0 aliphatic carbocycles. The molecule has 0 unspecified atom stereocenters. The molecule has 2 heterocycles. The summed E-state index contributed by atoms with van der Waals surface area (Å²) in [5, 5.41) is 0. The van der Waals surface area contributed by atoms with Crippen LogP contribution in [-0.4, -0.2) is 25.2 Å². The Hall–Kier alpha value is -2.70. The van der Waals surface area contributed by atoms with E-state index < -0.39 is 0 Å². The number of rotatable bonds is 7. The van der Waals surface area contributed by atoms with E-state index in [0.717, 1.165) is 26.4 Å². The molecule has 0 radical (unpaired) electrons. The topological polar surface area (TPSA) is 52.6 Å². The van der Waals surface area contributed by atoms with Gasteiger partial charge in [0.1, 0.15) is 9.75 Å². The molecule has 0 fully saturated rings. The zero-order valence-corrected chi connectivity index (χ0v) is 17.3. The van der Waals surface area contributed by atoms with E-state index in [2.05, 4.69) is 6.58 Å². The third kappa shape index (κ3) is 4.24. The van der Waals surface area contributed by atoms with Crippen molar-refractivity contribution < 1.29 is 19.1 Å². The predicted molar refractivity (Wildman–Crippen MR) is 115 cm³/mol. The average Bonchev–Trinajstić information content (AvgIpc) is 3.38. The SMILES string of the molecule is C=Cc1cc(-c2ccc(C(=O)OCC)s2)ccc1-c1ccc(C(=O)OCC)s1. The minimum atomic E-state index is -0.305. The Kier molecular flexibility index (Phi) is 6.44. The van der Waals surface area contributed by atoms with Gasteiger partial charge in [-0.05, 0) is 60.9 Å². The summed E-state index contributed by atoms with van der Waals surface area (Å²) < 4.78 is 10.1. The lowest BCUT2D eigenvalue weighted by molar-refractivity contribution is 0.0522. The molecule has 0 aliphatic heterocycles. The third-order valence-electron chi connectivity index (χ3n) is 3.99. The summed E-state index contributed by atoms with van der Waals surface area (Å²) in [5.74, 6) is -0.606. The minimum Gasteiger partial charge on any atom is -0.462 e. The van der Waals surface area contributed by atoms with Gasteiger partial charge in [-0.15, -0.1) is 22.7 Å². The average molecular weight is 413 g/mol. The molecule has 3 aromatic rings. The molecule has 0 spiro atoms. The van der Waals surface area contributed by atoms with E-state index in [1.165, 1.54) is 22.7 Å². The fourth-order valence-electron chi connectivity index (χ4n) is 2.71. The summed E-state index contributed by atoms with van der Waals surface area (Å²) in [6, 6.07) is 13.5. The largest absolute Gasteiger partial charge is 0.462 e. The van der Waals surface area contributed by atoms with Crippen LogP contribution >= 0.6 is 22.7 Å². The van der Waals surface area contributed by atoms with E-state index in [9.17, 15) is 9.59 Å². The van der Waals surface area contributed by atoms with Crippen LogP contribution < -0.4 is 0 Å². The highest BCUT2D eigenvalue weighted by atomic mass is 32.1. The first-order valence-corrected chi connectivity index (χ1v) is 10.5. The van der Waals surface area contributed by atoms with E-state index in [4.69, 9.17) is 9.47 Å². The maximum absolute atomic E-state index is 11.9. The van der Waals surface area contributed by atoms with Crippen LogP contribution in [0.15, 0.2) is 49.0 Å². The molecule has 0 amide bonds. The van der Waals surface area contributed by atoms with Gasteiger partial charge in [0.25, 0.3) is 0 Å². The highest BCUT2D eigenvalue weighted by Gasteiger charge is 2.15. The summed E-state index contributed by atoms with van der Waals surface area (Å²) in [6.07, 6.45) is 1.79. The summed E-state index contributed by atoms with van der Waals surface area (Å²) in [7, 11) is 0.